The van der Waals surface area contributed by atoms with Crippen molar-refractivity contribution in [1.82, 2.24) is 9.97 Å². The topological polar surface area (TPSA) is 51.8 Å². The molecule has 0 unspecified atom stereocenters. The standard InChI is InChI=1S/C11H9F2N3S/c1-6-10(14)15-5-16-11(6)17-9-3-2-7(12)4-8(9)13/h2-5H,1H3,(H2,14,15,16). The molecule has 0 bridgehead atoms. The van der Waals surface area contributed by atoms with Crippen LogP contribution in [0.2, 0.25) is 0 Å². The largest absolute Gasteiger partial charge is 0.383 e. The third kappa shape index (κ3) is 2.52. The van der Waals surface area contributed by atoms with Gasteiger partial charge in [-0.2, -0.15) is 0 Å². The van der Waals surface area contributed by atoms with Gasteiger partial charge in [0.2, 0.25) is 0 Å². The van der Waals surface area contributed by atoms with Crippen LogP contribution in [0.5, 0.6) is 0 Å². The lowest BCUT2D eigenvalue weighted by Crippen LogP contribution is -1.97. The summed E-state index contributed by atoms with van der Waals surface area (Å²) in [5, 5.41) is 0.558. The fourth-order valence-electron chi connectivity index (χ4n) is 1.21. The Morgan fingerprint density at radius 1 is 1.24 bits per heavy atom. The Kier molecular flexibility index (Phi) is 3.23. The maximum Gasteiger partial charge on any atom is 0.140 e. The van der Waals surface area contributed by atoms with Crippen LogP contribution in [0, 0.1) is 18.6 Å². The van der Waals surface area contributed by atoms with Gasteiger partial charge in [-0.3, -0.25) is 0 Å². The molecule has 0 radical (unpaired) electrons. The molecule has 0 aliphatic rings. The van der Waals surface area contributed by atoms with Gasteiger partial charge in [0.25, 0.3) is 0 Å². The number of halogens is 2. The van der Waals surface area contributed by atoms with Gasteiger partial charge in [0.15, 0.2) is 0 Å². The van der Waals surface area contributed by atoms with Crippen LogP contribution in [0.3, 0.4) is 0 Å². The molecule has 0 spiro atoms. The molecule has 3 nitrogen and oxygen atoms in total. The van der Waals surface area contributed by atoms with Crippen LogP contribution in [0.15, 0.2) is 34.4 Å². The molecule has 2 N–H and O–H groups in total. The first-order chi connectivity index (χ1) is 8.08. The highest BCUT2D eigenvalue weighted by Gasteiger charge is 2.10. The highest BCUT2D eigenvalue weighted by atomic mass is 32.2. The van der Waals surface area contributed by atoms with E-state index in [0.717, 1.165) is 17.8 Å². The van der Waals surface area contributed by atoms with Crippen molar-refractivity contribution < 1.29 is 8.78 Å². The molecule has 0 aliphatic heterocycles. The third-order valence-electron chi connectivity index (χ3n) is 2.18. The van der Waals surface area contributed by atoms with E-state index in [1.54, 1.807) is 6.92 Å². The number of hydrogen-bond donors (Lipinski definition) is 1. The van der Waals surface area contributed by atoms with E-state index >= 15 is 0 Å². The van der Waals surface area contributed by atoms with Gasteiger partial charge >= 0.3 is 0 Å². The third-order valence-corrected chi connectivity index (χ3v) is 3.33. The van der Waals surface area contributed by atoms with E-state index < -0.39 is 11.6 Å². The van der Waals surface area contributed by atoms with Crippen LogP contribution in [-0.4, -0.2) is 9.97 Å². The number of aromatic nitrogens is 2. The van der Waals surface area contributed by atoms with Gasteiger partial charge in [0.05, 0.1) is 0 Å². The Morgan fingerprint density at radius 2 is 2.00 bits per heavy atom. The number of anilines is 1. The molecule has 88 valence electrons. The Morgan fingerprint density at radius 3 is 2.71 bits per heavy atom. The average molecular weight is 253 g/mol. The van der Waals surface area contributed by atoms with E-state index in [-0.39, 0.29) is 0 Å². The van der Waals surface area contributed by atoms with E-state index in [4.69, 9.17) is 5.73 Å². The number of nitrogens with two attached hydrogens (primary N) is 1. The van der Waals surface area contributed by atoms with Crippen molar-refractivity contribution in [2.75, 3.05) is 5.73 Å². The maximum atomic E-state index is 13.4. The molecule has 0 fully saturated rings. The fraction of sp³-hybridized carbons (Fsp3) is 0.0909. The van der Waals surface area contributed by atoms with Gasteiger partial charge < -0.3 is 5.73 Å². The van der Waals surface area contributed by atoms with E-state index in [2.05, 4.69) is 9.97 Å². The molecule has 1 aromatic heterocycles. The molecule has 0 amide bonds. The molecule has 17 heavy (non-hydrogen) atoms. The second-order valence-electron chi connectivity index (χ2n) is 3.37. The van der Waals surface area contributed by atoms with Crippen molar-refractivity contribution in [3.8, 4) is 0 Å². The maximum absolute atomic E-state index is 13.4. The molecule has 0 saturated heterocycles. The summed E-state index contributed by atoms with van der Waals surface area (Å²) in [6.45, 7) is 1.75. The molecular weight excluding hydrogens is 244 g/mol. The first-order valence-electron chi connectivity index (χ1n) is 4.78. The van der Waals surface area contributed by atoms with Crippen LogP contribution < -0.4 is 5.73 Å². The van der Waals surface area contributed by atoms with E-state index in [9.17, 15) is 8.78 Å². The smallest absolute Gasteiger partial charge is 0.140 e. The van der Waals surface area contributed by atoms with Crippen LogP contribution in [0.4, 0.5) is 14.6 Å². The molecular formula is C11H9F2N3S. The summed E-state index contributed by atoms with van der Waals surface area (Å²) in [6.07, 6.45) is 1.31. The van der Waals surface area contributed by atoms with E-state index in [0.29, 0.717) is 21.3 Å². The van der Waals surface area contributed by atoms with Gasteiger partial charge in [-0.15, -0.1) is 0 Å². The highest BCUT2D eigenvalue weighted by molar-refractivity contribution is 7.99. The second kappa shape index (κ2) is 4.67. The summed E-state index contributed by atoms with van der Waals surface area (Å²) in [5.74, 6) is -0.873. The summed E-state index contributed by atoms with van der Waals surface area (Å²) < 4.78 is 26.2. The minimum Gasteiger partial charge on any atom is -0.383 e. The number of nitrogen functional groups attached to an aromatic ring is 1. The second-order valence-corrected chi connectivity index (χ2v) is 4.40. The van der Waals surface area contributed by atoms with Crippen molar-refractivity contribution in [2.45, 2.75) is 16.8 Å². The van der Waals surface area contributed by atoms with Gasteiger partial charge in [0.1, 0.15) is 28.8 Å². The summed E-state index contributed by atoms with van der Waals surface area (Å²) in [6, 6.07) is 3.40. The minimum absolute atomic E-state index is 0.299. The zero-order valence-electron chi connectivity index (χ0n) is 8.95. The quantitative estimate of drug-likeness (QED) is 0.836. The number of benzene rings is 1. The Bertz CT molecular complexity index is 560. The van der Waals surface area contributed by atoms with Crippen molar-refractivity contribution in [3.63, 3.8) is 0 Å². The first kappa shape index (κ1) is 11.8. The van der Waals surface area contributed by atoms with Crippen LogP contribution in [-0.2, 0) is 0 Å². The summed E-state index contributed by atoms with van der Waals surface area (Å²) in [4.78, 5) is 8.13. The first-order valence-corrected chi connectivity index (χ1v) is 5.59. The number of nitrogens with zero attached hydrogens (tertiary/aromatic N) is 2. The van der Waals surface area contributed by atoms with Crippen molar-refractivity contribution in [2.24, 2.45) is 0 Å². The number of hydrogen-bond acceptors (Lipinski definition) is 4. The van der Waals surface area contributed by atoms with Crippen molar-refractivity contribution in [3.05, 3.63) is 41.7 Å². The summed E-state index contributed by atoms with van der Waals surface area (Å²) in [5.41, 5.74) is 6.30. The lowest BCUT2D eigenvalue weighted by Gasteiger charge is -2.06. The van der Waals surface area contributed by atoms with Crippen LogP contribution in [0.25, 0.3) is 0 Å². The zero-order chi connectivity index (χ0) is 12.4. The molecule has 0 aliphatic carbocycles. The molecule has 2 rings (SSSR count). The molecule has 6 heteroatoms. The Hall–Kier alpha value is -1.69. The summed E-state index contributed by atoms with van der Waals surface area (Å²) in [7, 11) is 0. The Balaban J connectivity index is 2.35. The monoisotopic (exact) mass is 253 g/mol. The molecule has 1 aromatic carbocycles. The normalized spacial score (nSPS) is 10.5. The molecule has 0 saturated carbocycles. The predicted octanol–water partition coefficient (Wildman–Crippen LogP) is 2.80. The average Bonchev–Trinajstić information content (AvgIpc) is 2.28. The summed E-state index contributed by atoms with van der Waals surface area (Å²) >= 11 is 1.09. The fourth-order valence-corrected chi connectivity index (χ4v) is 2.07. The lowest BCUT2D eigenvalue weighted by molar-refractivity contribution is 0.565. The molecule has 1 heterocycles. The van der Waals surface area contributed by atoms with Crippen LogP contribution in [0.1, 0.15) is 5.56 Å². The SMILES string of the molecule is Cc1c(N)ncnc1Sc1ccc(F)cc1F. The zero-order valence-corrected chi connectivity index (χ0v) is 9.76. The highest BCUT2D eigenvalue weighted by Crippen LogP contribution is 2.31. The van der Waals surface area contributed by atoms with Gasteiger partial charge in [-0.05, 0) is 19.1 Å². The lowest BCUT2D eigenvalue weighted by atomic mass is 10.3. The van der Waals surface area contributed by atoms with E-state index in [1.807, 2.05) is 0 Å². The van der Waals surface area contributed by atoms with Gasteiger partial charge in [-0.1, -0.05) is 11.8 Å². The van der Waals surface area contributed by atoms with Crippen molar-refractivity contribution in [1.29, 1.82) is 0 Å². The van der Waals surface area contributed by atoms with Crippen LogP contribution >= 0.6 is 11.8 Å². The Labute approximate surface area is 101 Å². The van der Waals surface area contributed by atoms with E-state index in [1.165, 1.54) is 18.5 Å². The van der Waals surface area contributed by atoms with Crippen molar-refractivity contribution >= 4 is 17.6 Å². The molecule has 2 aromatic rings. The number of rotatable bonds is 2. The molecule has 0 atom stereocenters. The van der Waals surface area contributed by atoms with Gasteiger partial charge in [0, 0.05) is 16.5 Å². The predicted molar refractivity (Wildman–Crippen MR) is 61.7 cm³/mol. The minimum atomic E-state index is -0.619. The van der Waals surface area contributed by atoms with Gasteiger partial charge in [-0.25, -0.2) is 18.7 Å².